The zero-order valence-electron chi connectivity index (χ0n) is 7.88. The van der Waals surface area contributed by atoms with Crippen molar-refractivity contribution in [2.45, 2.75) is 20.0 Å². The molecule has 0 amide bonds. The zero-order valence-corrected chi connectivity index (χ0v) is 9.47. The Morgan fingerprint density at radius 3 is 2.71 bits per heavy atom. The van der Waals surface area contributed by atoms with Crippen LogP contribution in [0.25, 0.3) is 0 Å². The number of halogens is 2. The lowest BCUT2D eigenvalue weighted by Gasteiger charge is -2.12. The first-order chi connectivity index (χ1) is 6.50. The average Bonchev–Trinajstić information content (AvgIpc) is 2.08. The lowest BCUT2D eigenvalue weighted by molar-refractivity contribution is -0.145. The molecule has 0 radical (unpaired) electrons. The molecule has 0 unspecified atom stereocenters. The molecule has 0 fully saturated rings. The minimum absolute atomic E-state index is 0.330. The van der Waals surface area contributed by atoms with Crippen molar-refractivity contribution in [2.75, 3.05) is 0 Å². The van der Waals surface area contributed by atoms with Gasteiger partial charge >= 0.3 is 5.97 Å². The number of hydrogen-bond acceptors (Lipinski definition) is 2. The van der Waals surface area contributed by atoms with Gasteiger partial charge in [0.15, 0.2) is 0 Å². The molecule has 0 aliphatic heterocycles. The maximum atomic E-state index is 12.9. The molecule has 0 N–H and O–H groups in total. The Labute approximate surface area is 90.2 Å². The second-order valence-corrected chi connectivity index (χ2v) is 3.78. The topological polar surface area (TPSA) is 26.3 Å². The molecule has 0 saturated heterocycles. The highest BCUT2D eigenvalue weighted by Gasteiger charge is 2.10. The average molecular weight is 261 g/mol. The smallest absolute Gasteiger partial charge is 0.303 e. The number of carbonyl (C=O) groups excluding carboxylic acids is 1. The fraction of sp³-hybridized carbons (Fsp3) is 0.300. The van der Waals surface area contributed by atoms with Crippen molar-refractivity contribution >= 4 is 21.9 Å². The number of esters is 1. The monoisotopic (exact) mass is 260 g/mol. The molecule has 0 aliphatic carbocycles. The molecular formula is C10H10BrFO2. The SMILES string of the molecule is CC(=O)O[C@H](C)c1ccc(F)c(Br)c1. The van der Waals surface area contributed by atoms with Crippen LogP contribution in [0.3, 0.4) is 0 Å². The Hall–Kier alpha value is -0.900. The Kier molecular flexibility index (Phi) is 3.63. The first kappa shape index (κ1) is 11.2. The van der Waals surface area contributed by atoms with E-state index in [1.165, 1.54) is 13.0 Å². The predicted octanol–water partition coefficient (Wildman–Crippen LogP) is 3.21. The van der Waals surface area contributed by atoms with Crippen molar-refractivity contribution in [1.29, 1.82) is 0 Å². The third-order valence-corrected chi connectivity index (χ3v) is 2.36. The van der Waals surface area contributed by atoms with Gasteiger partial charge in [0.2, 0.25) is 0 Å². The first-order valence-electron chi connectivity index (χ1n) is 4.13. The van der Waals surface area contributed by atoms with Crippen LogP contribution in [0.4, 0.5) is 4.39 Å². The lowest BCUT2D eigenvalue weighted by Crippen LogP contribution is -2.04. The number of hydrogen-bond donors (Lipinski definition) is 0. The van der Waals surface area contributed by atoms with Gasteiger partial charge in [-0.25, -0.2) is 4.39 Å². The van der Waals surface area contributed by atoms with Crippen molar-refractivity contribution in [1.82, 2.24) is 0 Å². The van der Waals surface area contributed by atoms with Gasteiger partial charge in [-0.2, -0.15) is 0 Å². The van der Waals surface area contributed by atoms with Gasteiger partial charge in [0.1, 0.15) is 11.9 Å². The van der Waals surface area contributed by atoms with E-state index in [-0.39, 0.29) is 17.9 Å². The summed E-state index contributed by atoms with van der Waals surface area (Å²) in [4.78, 5) is 10.7. The van der Waals surface area contributed by atoms with Crippen LogP contribution in [0.2, 0.25) is 0 Å². The van der Waals surface area contributed by atoms with E-state index in [0.29, 0.717) is 4.47 Å². The molecule has 0 spiro atoms. The summed E-state index contributed by atoms with van der Waals surface area (Å²) in [7, 11) is 0. The van der Waals surface area contributed by atoms with Gasteiger partial charge in [-0.15, -0.1) is 0 Å². The first-order valence-corrected chi connectivity index (χ1v) is 4.92. The van der Waals surface area contributed by atoms with Crippen LogP contribution in [-0.4, -0.2) is 5.97 Å². The molecule has 76 valence electrons. The molecule has 0 bridgehead atoms. The van der Waals surface area contributed by atoms with E-state index in [9.17, 15) is 9.18 Å². The molecular weight excluding hydrogens is 251 g/mol. The van der Waals surface area contributed by atoms with E-state index in [1.807, 2.05) is 0 Å². The summed E-state index contributed by atoms with van der Waals surface area (Å²) in [6.07, 6.45) is -0.357. The van der Waals surface area contributed by atoms with Gasteiger partial charge in [0.05, 0.1) is 4.47 Å². The molecule has 2 nitrogen and oxygen atoms in total. The second kappa shape index (κ2) is 4.55. The molecule has 0 aromatic heterocycles. The van der Waals surface area contributed by atoms with Crippen molar-refractivity contribution < 1.29 is 13.9 Å². The highest BCUT2D eigenvalue weighted by Crippen LogP contribution is 2.23. The summed E-state index contributed by atoms with van der Waals surface area (Å²) in [5.41, 5.74) is 0.758. The van der Waals surface area contributed by atoms with Crippen molar-refractivity contribution in [2.24, 2.45) is 0 Å². The molecule has 0 heterocycles. The summed E-state index contributed by atoms with van der Waals surface area (Å²) in [6.45, 7) is 3.08. The van der Waals surface area contributed by atoms with Crippen LogP contribution in [0.5, 0.6) is 0 Å². The van der Waals surface area contributed by atoms with Crippen molar-refractivity contribution in [3.05, 3.63) is 34.1 Å². The number of ether oxygens (including phenoxy) is 1. The van der Waals surface area contributed by atoms with Gasteiger partial charge in [-0.3, -0.25) is 4.79 Å². The lowest BCUT2D eigenvalue weighted by atomic mass is 10.1. The van der Waals surface area contributed by atoms with E-state index in [2.05, 4.69) is 15.9 Å². The van der Waals surface area contributed by atoms with E-state index in [0.717, 1.165) is 5.56 Å². The molecule has 1 aromatic rings. The van der Waals surface area contributed by atoms with Crippen LogP contribution >= 0.6 is 15.9 Å². The molecule has 0 saturated carbocycles. The molecule has 1 aromatic carbocycles. The minimum Gasteiger partial charge on any atom is -0.458 e. The van der Waals surface area contributed by atoms with Crippen LogP contribution in [0.1, 0.15) is 25.5 Å². The predicted molar refractivity (Wildman–Crippen MR) is 54.3 cm³/mol. The molecule has 1 atom stereocenters. The maximum absolute atomic E-state index is 12.9. The Balaban J connectivity index is 2.85. The van der Waals surface area contributed by atoms with E-state index in [1.54, 1.807) is 19.1 Å². The zero-order chi connectivity index (χ0) is 10.7. The van der Waals surface area contributed by atoms with Gasteiger partial charge in [-0.1, -0.05) is 6.07 Å². The van der Waals surface area contributed by atoms with Crippen LogP contribution in [-0.2, 0) is 9.53 Å². The number of rotatable bonds is 2. The Bertz CT molecular complexity index is 352. The van der Waals surface area contributed by atoms with E-state index >= 15 is 0 Å². The molecule has 0 aliphatic rings. The summed E-state index contributed by atoms with van der Waals surface area (Å²) in [5.74, 6) is -0.679. The highest BCUT2D eigenvalue weighted by atomic mass is 79.9. The summed E-state index contributed by atoms with van der Waals surface area (Å²) < 4.78 is 18.2. The van der Waals surface area contributed by atoms with Gasteiger partial charge in [-0.05, 0) is 40.5 Å². The van der Waals surface area contributed by atoms with Crippen LogP contribution < -0.4 is 0 Å². The van der Waals surface area contributed by atoms with Crippen molar-refractivity contribution in [3.8, 4) is 0 Å². The van der Waals surface area contributed by atoms with Crippen LogP contribution in [0, 0.1) is 5.82 Å². The highest BCUT2D eigenvalue weighted by molar-refractivity contribution is 9.10. The van der Waals surface area contributed by atoms with Gasteiger partial charge in [0.25, 0.3) is 0 Å². The molecule has 1 rings (SSSR count). The van der Waals surface area contributed by atoms with Gasteiger partial charge in [0, 0.05) is 6.92 Å². The van der Waals surface area contributed by atoms with Crippen LogP contribution in [0.15, 0.2) is 22.7 Å². The quantitative estimate of drug-likeness (QED) is 0.764. The fourth-order valence-electron chi connectivity index (χ4n) is 1.08. The third-order valence-electron chi connectivity index (χ3n) is 1.76. The normalized spacial score (nSPS) is 12.3. The number of carbonyl (C=O) groups is 1. The van der Waals surface area contributed by atoms with Gasteiger partial charge < -0.3 is 4.74 Å². The Morgan fingerprint density at radius 1 is 1.57 bits per heavy atom. The summed E-state index contributed by atoms with van der Waals surface area (Å²) >= 11 is 3.07. The van der Waals surface area contributed by atoms with E-state index < -0.39 is 0 Å². The van der Waals surface area contributed by atoms with Crippen molar-refractivity contribution in [3.63, 3.8) is 0 Å². The maximum Gasteiger partial charge on any atom is 0.303 e. The second-order valence-electron chi connectivity index (χ2n) is 2.93. The summed E-state index contributed by atoms with van der Waals surface area (Å²) in [5, 5.41) is 0. The molecule has 4 heteroatoms. The fourth-order valence-corrected chi connectivity index (χ4v) is 1.48. The standard InChI is InChI=1S/C10H10BrFO2/c1-6(14-7(2)13)8-3-4-10(12)9(11)5-8/h3-6H,1-2H3/t6-/m1/s1. The number of benzene rings is 1. The summed E-state index contributed by atoms with van der Waals surface area (Å²) in [6, 6.07) is 4.52. The Morgan fingerprint density at radius 2 is 2.21 bits per heavy atom. The molecule has 14 heavy (non-hydrogen) atoms. The minimum atomic E-state index is -0.357. The third kappa shape index (κ3) is 2.80. The van der Waals surface area contributed by atoms with E-state index in [4.69, 9.17) is 4.74 Å². The largest absolute Gasteiger partial charge is 0.458 e.